The summed E-state index contributed by atoms with van der Waals surface area (Å²) < 4.78 is 27.8. The van der Waals surface area contributed by atoms with Gasteiger partial charge in [-0.1, -0.05) is 13.0 Å². The first-order chi connectivity index (χ1) is 12.0. The number of fused-ring (bicyclic) bond motifs is 1. The van der Waals surface area contributed by atoms with Gasteiger partial charge in [0.05, 0.1) is 11.4 Å². The van der Waals surface area contributed by atoms with Gasteiger partial charge in [-0.2, -0.15) is 4.31 Å². The lowest BCUT2D eigenvalue weighted by Gasteiger charge is -2.29. The fraction of sp³-hybridized carbons (Fsp3) is 0.611. The zero-order valence-electron chi connectivity index (χ0n) is 14.8. The van der Waals surface area contributed by atoms with Gasteiger partial charge in [0.15, 0.2) is 0 Å². The van der Waals surface area contributed by atoms with Crippen LogP contribution in [0.5, 0.6) is 0 Å². The predicted molar refractivity (Wildman–Crippen MR) is 96.4 cm³/mol. The Balaban J connectivity index is 1.85. The monoisotopic (exact) mass is 365 g/mol. The molecule has 0 radical (unpaired) electrons. The lowest BCUT2D eigenvalue weighted by Crippen LogP contribution is -2.39. The Kier molecular flexibility index (Phi) is 5.46. The summed E-state index contributed by atoms with van der Waals surface area (Å²) in [6.45, 7) is 4.22. The molecular formula is C18H27N3O3S. The molecular weight excluding hydrogens is 338 g/mol. The van der Waals surface area contributed by atoms with E-state index >= 15 is 0 Å². The standard InChI is InChI=1S/C18H27N3O3S/c1-2-8-21(12-14-3-4-14)25(23,24)17-6-5-15-7-9-20(18(22)11-19)13-16(15)10-17/h5-6,10,14H,2-4,7-9,11-13,19H2,1H3. The van der Waals surface area contributed by atoms with E-state index in [9.17, 15) is 13.2 Å². The molecule has 0 bridgehead atoms. The molecule has 1 aliphatic heterocycles. The van der Waals surface area contributed by atoms with Crippen LogP contribution in [0.25, 0.3) is 0 Å². The van der Waals surface area contributed by atoms with Gasteiger partial charge in [-0.05, 0) is 54.9 Å². The van der Waals surface area contributed by atoms with Gasteiger partial charge in [-0.25, -0.2) is 8.42 Å². The minimum Gasteiger partial charge on any atom is -0.337 e. The van der Waals surface area contributed by atoms with Crippen LogP contribution >= 0.6 is 0 Å². The molecule has 0 unspecified atom stereocenters. The van der Waals surface area contributed by atoms with Crippen molar-refractivity contribution in [2.24, 2.45) is 11.7 Å². The lowest BCUT2D eigenvalue weighted by atomic mass is 10.00. The van der Waals surface area contributed by atoms with E-state index in [0.29, 0.717) is 37.0 Å². The molecule has 1 heterocycles. The third-order valence-electron chi connectivity index (χ3n) is 4.99. The topological polar surface area (TPSA) is 83.7 Å². The minimum absolute atomic E-state index is 0.0149. The highest BCUT2D eigenvalue weighted by Crippen LogP contribution is 2.32. The Hall–Kier alpha value is -1.44. The van der Waals surface area contributed by atoms with Crippen molar-refractivity contribution in [1.82, 2.24) is 9.21 Å². The number of nitrogens with two attached hydrogens (primary N) is 1. The summed E-state index contributed by atoms with van der Waals surface area (Å²) in [6, 6.07) is 5.36. The third kappa shape index (κ3) is 4.04. The first-order valence-electron chi connectivity index (χ1n) is 9.05. The number of benzene rings is 1. The first-order valence-corrected chi connectivity index (χ1v) is 10.5. The van der Waals surface area contributed by atoms with E-state index in [2.05, 4.69) is 0 Å². The molecule has 0 spiro atoms. The second kappa shape index (κ2) is 7.43. The van der Waals surface area contributed by atoms with Gasteiger partial charge in [0.25, 0.3) is 0 Å². The maximum atomic E-state index is 13.1. The van der Waals surface area contributed by atoms with Crippen molar-refractivity contribution in [3.05, 3.63) is 29.3 Å². The molecule has 2 N–H and O–H groups in total. The Morgan fingerprint density at radius 3 is 2.72 bits per heavy atom. The van der Waals surface area contributed by atoms with Gasteiger partial charge in [0.2, 0.25) is 15.9 Å². The smallest absolute Gasteiger partial charge is 0.243 e. The van der Waals surface area contributed by atoms with Gasteiger partial charge >= 0.3 is 0 Å². The molecule has 1 aliphatic carbocycles. The van der Waals surface area contributed by atoms with Crippen molar-refractivity contribution in [2.45, 2.75) is 44.0 Å². The van der Waals surface area contributed by atoms with Crippen molar-refractivity contribution in [3.8, 4) is 0 Å². The highest BCUT2D eigenvalue weighted by molar-refractivity contribution is 7.89. The second-order valence-electron chi connectivity index (χ2n) is 7.01. The van der Waals surface area contributed by atoms with Crippen LogP contribution in [0.15, 0.2) is 23.1 Å². The maximum absolute atomic E-state index is 13.1. The highest BCUT2D eigenvalue weighted by Gasteiger charge is 2.32. The summed E-state index contributed by atoms with van der Waals surface area (Å²) in [7, 11) is -3.49. The summed E-state index contributed by atoms with van der Waals surface area (Å²) in [6.07, 6.45) is 3.78. The van der Waals surface area contributed by atoms with Crippen LogP contribution in [0.3, 0.4) is 0 Å². The van der Waals surface area contributed by atoms with Crippen LogP contribution in [0, 0.1) is 5.92 Å². The quantitative estimate of drug-likeness (QED) is 0.790. The van der Waals surface area contributed by atoms with E-state index in [0.717, 1.165) is 36.8 Å². The van der Waals surface area contributed by atoms with Crippen LogP contribution in [0.2, 0.25) is 0 Å². The molecule has 1 fully saturated rings. The van der Waals surface area contributed by atoms with Crippen molar-refractivity contribution in [2.75, 3.05) is 26.2 Å². The van der Waals surface area contributed by atoms with Gasteiger partial charge in [0, 0.05) is 26.2 Å². The molecule has 25 heavy (non-hydrogen) atoms. The predicted octanol–water partition coefficient (Wildman–Crippen LogP) is 1.34. The van der Waals surface area contributed by atoms with Gasteiger partial charge in [-0.3, -0.25) is 4.79 Å². The SMILES string of the molecule is CCCN(CC1CC1)S(=O)(=O)c1ccc2c(c1)CN(C(=O)CN)CC2. The molecule has 3 rings (SSSR count). The molecule has 0 aromatic heterocycles. The molecule has 1 saturated carbocycles. The summed E-state index contributed by atoms with van der Waals surface area (Å²) >= 11 is 0. The maximum Gasteiger partial charge on any atom is 0.243 e. The molecule has 6 nitrogen and oxygen atoms in total. The van der Waals surface area contributed by atoms with Crippen LogP contribution < -0.4 is 5.73 Å². The fourth-order valence-corrected chi connectivity index (χ4v) is 4.99. The molecule has 0 saturated heterocycles. The summed E-state index contributed by atoms with van der Waals surface area (Å²) in [4.78, 5) is 13.9. The highest BCUT2D eigenvalue weighted by atomic mass is 32.2. The molecule has 1 amide bonds. The van der Waals surface area contributed by atoms with Crippen LogP contribution in [0.1, 0.15) is 37.3 Å². The molecule has 138 valence electrons. The lowest BCUT2D eigenvalue weighted by molar-refractivity contribution is -0.130. The largest absolute Gasteiger partial charge is 0.337 e. The van der Waals surface area contributed by atoms with Gasteiger partial charge in [0.1, 0.15) is 0 Å². The number of hydrogen-bond donors (Lipinski definition) is 1. The van der Waals surface area contributed by atoms with Crippen molar-refractivity contribution >= 4 is 15.9 Å². The Labute approximate surface area is 150 Å². The van der Waals surface area contributed by atoms with E-state index < -0.39 is 10.0 Å². The van der Waals surface area contributed by atoms with E-state index in [4.69, 9.17) is 5.73 Å². The Morgan fingerprint density at radius 2 is 2.08 bits per heavy atom. The summed E-state index contributed by atoms with van der Waals surface area (Å²) in [5.41, 5.74) is 7.48. The number of carbonyl (C=O) groups is 1. The number of carbonyl (C=O) groups excluding carboxylic acids is 1. The first kappa shape index (κ1) is 18.4. The minimum atomic E-state index is -3.49. The molecule has 1 aromatic rings. The molecule has 0 atom stereocenters. The van der Waals surface area contributed by atoms with Crippen LogP contribution in [-0.2, 0) is 27.8 Å². The summed E-state index contributed by atoms with van der Waals surface area (Å²) in [5.74, 6) is 0.414. The van der Waals surface area contributed by atoms with Crippen molar-refractivity contribution in [3.63, 3.8) is 0 Å². The Morgan fingerprint density at radius 1 is 1.32 bits per heavy atom. The molecule has 2 aliphatic rings. The third-order valence-corrected chi connectivity index (χ3v) is 6.85. The van der Waals surface area contributed by atoms with Crippen molar-refractivity contribution < 1.29 is 13.2 Å². The Bertz CT molecular complexity index is 744. The number of rotatable bonds is 7. The zero-order valence-corrected chi connectivity index (χ0v) is 15.6. The van der Waals surface area contributed by atoms with E-state index in [-0.39, 0.29) is 12.5 Å². The number of amides is 1. The average molecular weight is 365 g/mol. The molecule has 1 aromatic carbocycles. The van der Waals surface area contributed by atoms with E-state index in [1.165, 1.54) is 0 Å². The van der Waals surface area contributed by atoms with Gasteiger partial charge < -0.3 is 10.6 Å². The molecule has 7 heteroatoms. The van der Waals surface area contributed by atoms with E-state index in [1.54, 1.807) is 21.3 Å². The zero-order chi connectivity index (χ0) is 18.0. The van der Waals surface area contributed by atoms with E-state index in [1.807, 2.05) is 13.0 Å². The number of hydrogen-bond acceptors (Lipinski definition) is 4. The number of nitrogens with zero attached hydrogens (tertiary/aromatic N) is 2. The normalized spacial score (nSPS) is 17.6. The van der Waals surface area contributed by atoms with Crippen molar-refractivity contribution in [1.29, 1.82) is 0 Å². The average Bonchev–Trinajstić information content (AvgIpc) is 3.43. The fourth-order valence-electron chi connectivity index (χ4n) is 3.33. The van der Waals surface area contributed by atoms with Gasteiger partial charge in [-0.15, -0.1) is 0 Å². The number of sulfonamides is 1. The van der Waals surface area contributed by atoms with Crippen LogP contribution in [-0.4, -0.2) is 49.7 Å². The summed E-state index contributed by atoms with van der Waals surface area (Å²) in [5, 5.41) is 0. The second-order valence-corrected chi connectivity index (χ2v) is 8.94. The van der Waals surface area contributed by atoms with Crippen LogP contribution in [0.4, 0.5) is 0 Å².